The van der Waals surface area contributed by atoms with Crippen LogP contribution >= 0.6 is 22.9 Å². The van der Waals surface area contributed by atoms with Gasteiger partial charge in [0.15, 0.2) is 0 Å². The van der Waals surface area contributed by atoms with E-state index in [0.717, 1.165) is 21.8 Å². The van der Waals surface area contributed by atoms with Crippen LogP contribution in [-0.2, 0) is 16.0 Å². The molecular weight excluding hydrogens is 420 g/mol. The maximum atomic E-state index is 12.6. The minimum absolute atomic E-state index is 0.0291. The average molecular weight is 441 g/mol. The zero-order valence-electron chi connectivity index (χ0n) is 16.7. The predicted molar refractivity (Wildman–Crippen MR) is 119 cm³/mol. The van der Waals surface area contributed by atoms with Crippen molar-refractivity contribution in [2.24, 2.45) is 0 Å². The Morgan fingerprint density at radius 2 is 1.93 bits per heavy atom. The van der Waals surface area contributed by atoms with Crippen LogP contribution in [0.5, 0.6) is 0 Å². The molecule has 1 aliphatic heterocycles. The first-order chi connectivity index (χ1) is 14.4. The molecule has 1 aliphatic rings. The number of aromatic nitrogens is 2. The van der Waals surface area contributed by atoms with Crippen LogP contribution < -0.4 is 10.2 Å². The van der Waals surface area contributed by atoms with Gasteiger partial charge in [0.1, 0.15) is 5.01 Å². The quantitative estimate of drug-likeness (QED) is 0.633. The third-order valence-corrected chi connectivity index (χ3v) is 6.49. The van der Waals surface area contributed by atoms with Gasteiger partial charge in [-0.2, -0.15) is 0 Å². The second-order valence-corrected chi connectivity index (χ2v) is 8.92. The first-order valence-corrected chi connectivity index (χ1v) is 10.8. The Hall–Kier alpha value is -2.77. The van der Waals surface area contributed by atoms with E-state index in [-0.39, 0.29) is 24.2 Å². The number of benzene rings is 2. The largest absolute Gasteiger partial charge is 0.312 e. The second-order valence-electron chi connectivity index (χ2n) is 7.47. The predicted octanol–water partition coefficient (Wildman–Crippen LogP) is 4.51. The number of carbonyl (C=O) groups is 2. The molecule has 1 aromatic heterocycles. The van der Waals surface area contributed by atoms with Crippen molar-refractivity contribution in [3.05, 3.63) is 69.2 Å². The first kappa shape index (κ1) is 20.5. The molecule has 4 rings (SSSR count). The van der Waals surface area contributed by atoms with Gasteiger partial charge < -0.3 is 10.2 Å². The molecule has 30 heavy (non-hydrogen) atoms. The molecular formula is C22H21ClN4O2S. The van der Waals surface area contributed by atoms with E-state index in [1.165, 1.54) is 16.9 Å². The zero-order valence-corrected chi connectivity index (χ0v) is 18.3. The fraction of sp³-hybridized carbons (Fsp3) is 0.273. The highest BCUT2D eigenvalue weighted by Gasteiger charge is 2.34. The van der Waals surface area contributed by atoms with Crippen molar-refractivity contribution in [3.63, 3.8) is 0 Å². The lowest BCUT2D eigenvalue weighted by molar-refractivity contribution is -0.117. The van der Waals surface area contributed by atoms with Gasteiger partial charge in [-0.05, 0) is 54.8 Å². The number of halogens is 1. The molecule has 1 fully saturated rings. The fourth-order valence-electron chi connectivity index (χ4n) is 3.42. The SMILES string of the molecule is Cc1ccc(N2CC(c3nnc(NC(=O)Cc4ccc(Cl)cc4)s3)CC2=O)cc1C. The summed E-state index contributed by atoms with van der Waals surface area (Å²) in [7, 11) is 0. The summed E-state index contributed by atoms with van der Waals surface area (Å²) >= 11 is 7.19. The van der Waals surface area contributed by atoms with Gasteiger partial charge in [-0.15, -0.1) is 10.2 Å². The van der Waals surface area contributed by atoms with Crippen molar-refractivity contribution in [2.75, 3.05) is 16.8 Å². The Kier molecular flexibility index (Phi) is 5.83. The molecule has 0 spiro atoms. The average Bonchev–Trinajstić information content (AvgIpc) is 3.32. The molecule has 2 aromatic carbocycles. The lowest BCUT2D eigenvalue weighted by Gasteiger charge is -2.17. The van der Waals surface area contributed by atoms with Gasteiger partial charge in [0.2, 0.25) is 16.9 Å². The van der Waals surface area contributed by atoms with Gasteiger partial charge in [-0.3, -0.25) is 9.59 Å². The van der Waals surface area contributed by atoms with Crippen molar-refractivity contribution in [2.45, 2.75) is 32.6 Å². The molecule has 0 radical (unpaired) electrons. The van der Waals surface area contributed by atoms with E-state index < -0.39 is 0 Å². The minimum Gasteiger partial charge on any atom is -0.312 e. The molecule has 6 nitrogen and oxygen atoms in total. The maximum Gasteiger partial charge on any atom is 0.230 e. The maximum absolute atomic E-state index is 12.6. The van der Waals surface area contributed by atoms with Crippen LogP contribution in [0.1, 0.15) is 34.0 Å². The van der Waals surface area contributed by atoms with Gasteiger partial charge in [0.25, 0.3) is 0 Å². The summed E-state index contributed by atoms with van der Waals surface area (Å²) in [5, 5.41) is 12.9. The minimum atomic E-state index is -0.167. The van der Waals surface area contributed by atoms with Crippen LogP contribution in [0, 0.1) is 13.8 Å². The Morgan fingerprint density at radius 1 is 1.17 bits per heavy atom. The molecule has 154 valence electrons. The lowest BCUT2D eigenvalue weighted by Crippen LogP contribution is -2.24. The smallest absolute Gasteiger partial charge is 0.230 e. The van der Waals surface area contributed by atoms with Crippen LogP contribution in [-0.4, -0.2) is 28.6 Å². The number of amides is 2. The molecule has 1 atom stereocenters. The molecule has 2 amide bonds. The van der Waals surface area contributed by atoms with E-state index in [0.29, 0.717) is 23.1 Å². The summed E-state index contributed by atoms with van der Waals surface area (Å²) in [5.41, 5.74) is 4.13. The van der Waals surface area contributed by atoms with Crippen molar-refractivity contribution < 1.29 is 9.59 Å². The topological polar surface area (TPSA) is 75.2 Å². The molecule has 1 saturated heterocycles. The number of carbonyl (C=O) groups excluding carboxylic acids is 2. The highest BCUT2D eigenvalue weighted by Crippen LogP contribution is 2.34. The van der Waals surface area contributed by atoms with Crippen molar-refractivity contribution >= 4 is 45.6 Å². The van der Waals surface area contributed by atoms with Crippen LogP contribution in [0.2, 0.25) is 5.02 Å². The van der Waals surface area contributed by atoms with E-state index in [1.54, 1.807) is 17.0 Å². The summed E-state index contributed by atoms with van der Waals surface area (Å²) in [5.74, 6) is -0.121. The summed E-state index contributed by atoms with van der Waals surface area (Å²) in [6.07, 6.45) is 0.620. The molecule has 0 saturated carbocycles. The normalized spacial score (nSPS) is 16.2. The van der Waals surface area contributed by atoms with E-state index in [2.05, 4.69) is 22.4 Å². The summed E-state index contributed by atoms with van der Waals surface area (Å²) < 4.78 is 0. The van der Waals surface area contributed by atoms with E-state index in [1.807, 2.05) is 37.3 Å². The lowest BCUT2D eigenvalue weighted by atomic mass is 10.1. The Labute approximate surface area is 183 Å². The van der Waals surface area contributed by atoms with E-state index in [4.69, 9.17) is 11.6 Å². The van der Waals surface area contributed by atoms with E-state index >= 15 is 0 Å². The van der Waals surface area contributed by atoms with Gasteiger partial charge in [-0.1, -0.05) is 41.1 Å². The molecule has 1 unspecified atom stereocenters. The molecule has 1 N–H and O–H groups in total. The van der Waals surface area contributed by atoms with Crippen molar-refractivity contribution in [1.82, 2.24) is 10.2 Å². The second kappa shape index (κ2) is 8.53. The third-order valence-electron chi connectivity index (χ3n) is 5.24. The highest BCUT2D eigenvalue weighted by atomic mass is 35.5. The third kappa shape index (κ3) is 4.52. The van der Waals surface area contributed by atoms with Gasteiger partial charge in [0, 0.05) is 29.6 Å². The number of rotatable bonds is 5. The molecule has 3 aromatic rings. The van der Waals surface area contributed by atoms with Gasteiger partial charge in [-0.25, -0.2) is 0 Å². The number of nitrogens with one attached hydrogen (secondary N) is 1. The number of aryl methyl sites for hydroxylation is 2. The Balaban J connectivity index is 1.40. The summed E-state index contributed by atoms with van der Waals surface area (Å²) in [6, 6.07) is 13.2. The fourth-order valence-corrected chi connectivity index (χ4v) is 4.39. The summed E-state index contributed by atoms with van der Waals surface area (Å²) in [4.78, 5) is 26.7. The molecule has 2 heterocycles. The highest BCUT2D eigenvalue weighted by molar-refractivity contribution is 7.15. The van der Waals surface area contributed by atoms with Crippen LogP contribution in [0.25, 0.3) is 0 Å². The molecule has 8 heteroatoms. The number of anilines is 2. The van der Waals surface area contributed by atoms with Crippen molar-refractivity contribution in [1.29, 1.82) is 0 Å². The molecule has 0 aliphatic carbocycles. The number of hydrogen-bond acceptors (Lipinski definition) is 5. The summed E-state index contributed by atoms with van der Waals surface area (Å²) in [6.45, 7) is 4.66. The standard InChI is InChI=1S/C22H21ClN4O2S/c1-13-3-8-18(9-14(13)2)27-12-16(11-20(27)29)21-25-26-22(30-21)24-19(28)10-15-4-6-17(23)7-5-15/h3-9,16H,10-12H2,1-2H3,(H,24,26,28). The molecule has 0 bridgehead atoms. The Bertz CT molecular complexity index is 1100. The monoisotopic (exact) mass is 440 g/mol. The first-order valence-electron chi connectivity index (χ1n) is 9.64. The number of hydrogen-bond donors (Lipinski definition) is 1. The van der Waals surface area contributed by atoms with Crippen LogP contribution in [0.15, 0.2) is 42.5 Å². The van der Waals surface area contributed by atoms with E-state index in [9.17, 15) is 9.59 Å². The number of nitrogens with zero attached hydrogens (tertiary/aromatic N) is 3. The Morgan fingerprint density at radius 3 is 2.67 bits per heavy atom. The van der Waals surface area contributed by atoms with Crippen LogP contribution in [0.4, 0.5) is 10.8 Å². The van der Waals surface area contributed by atoms with Gasteiger partial charge >= 0.3 is 0 Å². The van der Waals surface area contributed by atoms with Crippen LogP contribution in [0.3, 0.4) is 0 Å². The zero-order chi connectivity index (χ0) is 21.3. The van der Waals surface area contributed by atoms with Gasteiger partial charge in [0.05, 0.1) is 6.42 Å². The van der Waals surface area contributed by atoms with Crippen molar-refractivity contribution in [3.8, 4) is 0 Å².